The molecule has 0 bridgehead atoms. The summed E-state index contributed by atoms with van der Waals surface area (Å²) in [5, 5.41) is 0. The molecule has 0 aliphatic carbocycles. The molecule has 0 atom stereocenters. The third-order valence-electron chi connectivity index (χ3n) is 12.1. The van der Waals surface area contributed by atoms with Gasteiger partial charge in [0.25, 0.3) is 0 Å². The Labute approximate surface area is 389 Å². The Morgan fingerprint density at radius 1 is 0.182 bits per heavy atom. The van der Waals surface area contributed by atoms with E-state index < -0.39 is 0 Å². The van der Waals surface area contributed by atoms with E-state index in [2.05, 4.69) is 300 Å². The fraction of sp³-hybridized carbons (Fsp3) is 0.0323. The average Bonchev–Trinajstić information content (AvgIpc) is 3.38. The van der Waals surface area contributed by atoms with E-state index >= 15 is 0 Å². The van der Waals surface area contributed by atoms with Crippen LogP contribution in [0.3, 0.4) is 0 Å². The summed E-state index contributed by atoms with van der Waals surface area (Å²) in [7, 11) is 0. The third kappa shape index (κ3) is 8.68. The third-order valence-corrected chi connectivity index (χ3v) is 12.1. The Kier molecular flexibility index (Phi) is 11.9. The molecule has 0 aromatic heterocycles. The van der Waals surface area contributed by atoms with E-state index in [9.17, 15) is 0 Å². The lowest BCUT2D eigenvalue weighted by molar-refractivity contribution is 1.24. The zero-order chi connectivity index (χ0) is 44.7. The van der Waals surface area contributed by atoms with E-state index in [0.717, 1.165) is 79.4 Å². The van der Waals surface area contributed by atoms with Crippen molar-refractivity contribution in [2.75, 3.05) is 19.6 Å². The molecule has 10 rings (SSSR count). The molecule has 0 heterocycles. The maximum absolute atomic E-state index is 2.33. The lowest BCUT2D eigenvalue weighted by atomic mass is 10.0. The van der Waals surface area contributed by atoms with Crippen molar-refractivity contribution < 1.29 is 0 Å². The zero-order valence-electron chi connectivity index (χ0n) is 37.2. The molecule has 0 radical (unpaired) electrons. The van der Waals surface area contributed by atoms with Crippen LogP contribution in [-0.2, 0) is 0 Å². The van der Waals surface area contributed by atoms with Gasteiger partial charge in [-0.1, -0.05) is 133 Å². The Morgan fingerprint density at radius 2 is 0.379 bits per heavy atom. The van der Waals surface area contributed by atoms with E-state index in [1.807, 2.05) is 0 Å². The SMILES string of the molecule is Cc1ccccc1N(c1ccccc1)c1ccc(N(c2ccccc2)c2ccc(-c3ccc(N(c4ccccc4)c4ccc(N(c5ccccc5)c5ccccc5C)cc4)cc3)cc2)cc1. The summed E-state index contributed by atoms with van der Waals surface area (Å²) in [6.45, 7) is 4.34. The first-order valence-corrected chi connectivity index (χ1v) is 22.5. The number of nitrogens with zero attached hydrogens (tertiary/aromatic N) is 4. The average molecular weight is 851 g/mol. The minimum absolute atomic E-state index is 1.08. The van der Waals surface area contributed by atoms with Gasteiger partial charge < -0.3 is 19.6 Å². The normalized spacial score (nSPS) is 10.9. The van der Waals surface area contributed by atoms with Crippen LogP contribution in [0.2, 0.25) is 0 Å². The van der Waals surface area contributed by atoms with Crippen molar-refractivity contribution in [1.29, 1.82) is 0 Å². The van der Waals surface area contributed by atoms with Crippen LogP contribution in [0.5, 0.6) is 0 Å². The van der Waals surface area contributed by atoms with Crippen molar-refractivity contribution >= 4 is 68.2 Å². The van der Waals surface area contributed by atoms with E-state index in [4.69, 9.17) is 0 Å². The summed E-state index contributed by atoms with van der Waals surface area (Å²) in [5.41, 5.74) is 18.0. The topological polar surface area (TPSA) is 13.0 Å². The zero-order valence-corrected chi connectivity index (χ0v) is 37.2. The summed E-state index contributed by atoms with van der Waals surface area (Å²) < 4.78 is 0. The van der Waals surface area contributed by atoms with Gasteiger partial charge in [0.2, 0.25) is 0 Å². The maximum atomic E-state index is 2.33. The summed E-state index contributed by atoms with van der Waals surface area (Å²) in [6, 6.07) is 95.0. The monoisotopic (exact) mass is 850 g/mol. The summed E-state index contributed by atoms with van der Waals surface area (Å²) in [6.07, 6.45) is 0. The first-order chi connectivity index (χ1) is 32.6. The molecule has 0 N–H and O–H groups in total. The minimum Gasteiger partial charge on any atom is -0.311 e. The molecule has 318 valence electrons. The molecule has 0 saturated heterocycles. The fourth-order valence-corrected chi connectivity index (χ4v) is 8.79. The van der Waals surface area contributed by atoms with Gasteiger partial charge in [-0.2, -0.15) is 0 Å². The standard InChI is InChI=1S/C62H50N4/c1-47-19-15-17-29-61(47)65(53-25-11-5-12-26-53)59-43-39-57(40-44-59)63(51-21-7-3-8-22-51)55-35-31-49(32-36-55)50-33-37-56(38-34-50)64(52-23-9-4-10-24-52)58-41-45-60(46-42-58)66(54-27-13-6-14-28-54)62-30-18-16-20-48(62)2/h3-46H,1-2H3. The number of anilines is 12. The van der Waals surface area contributed by atoms with Crippen LogP contribution in [0.25, 0.3) is 11.1 Å². The van der Waals surface area contributed by atoms with E-state index in [1.165, 1.54) is 11.1 Å². The van der Waals surface area contributed by atoms with Gasteiger partial charge in [0.05, 0.1) is 0 Å². The van der Waals surface area contributed by atoms with Crippen molar-refractivity contribution in [3.05, 3.63) is 278 Å². The molecule has 0 unspecified atom stereocenters. The van der Waals surface area contributed by atoms with E-state index in [-0.39, 0.29) is 0 Å². The highest BCUT2D eigenvalue weighted by Crippen LogP contribution is 2.43. The molecule has 0 aliphatic heterocycles. The largest absolute Gasteiger partial charge is 0.311 e. The van der Waals surface area contributed by atoms with Gasteiger partial charge in [0.1, 0.15) is 0 Å². The van der Waals surface area contributed by atoms with Crippen molar-refractivity contribution in [2.45, 2.75) is 13.8 Å². The second kappa shape index (κ2) is 19.0. The Morgan fingerprint density at radius 3 is 0.652 bits per heavy atom. The molecule has 10 aromatic carbocycles. The highest BCUT2D eigenvalue weighted by atomic mass is 15.2. The quantitative estimate of drug-likeness (QED) is 0.115. The Bertz CT molecular complexity index is 2900. The molecule has 66 heavy (non-hydrogen) atoms. The molecule has 0 saturated carbocycles. The molecular weight excluding hydrogens is 801 g/mol. The summed E-state index contributed by atoms with van der Waals surface area (Å²) in [5.74, 6) is 0. The lowest BCUT2D eigenvalue weighted by Crippen LogP contribution is -2.13. The van der Waals surface area contributed by atoms with Crippen LogP contribution < -0.4 is 19.6 Å². The van der Waals surface area contributed by atoms with Crippen LogP contribution in [-0.4, -0.2) is 0 Å². The van der Waals surface area contributed by atoms with Crippen molar-refractivity contribution in [3.8, 4) is 11.1 Å². The smallest absolute Gasteiger partial charge is 0.0490 e. The van der Waals surface area contributed by atoms with Gasteiger partial charge in [0, 0.05) is 68.2 Å². The highest BCUT2D eigenvalue weighted by molar-refractivity contribution is 5.85. The van der Waals surface area contributed by atoms with Gasteiger partial charge in [-0.25, -0.2) is 0 Å². The molecule has 4 nitrogen and oxygen atoms in total. The van der Waals surface area contributed by atoms with E-state index in [0.29, 0.717) is 0 Å². The number of para-hydroxylation sites is 6. The maximum Gasteiger partial charge on any atom is 0.0490 e. The Balaban J connectivity index is 0.938. The summed E-state index contributed by atoms with van der Waals surface area (Å²) in [4.78, 5) is 9.29. The number of hydrogen-bond donors (Lipinski definition) is 0. The van der Waals surface area contributed by atoms with Crippen LogP contribution in [0, 0.1) is 13.8 Å². The number of hydrogen-bond acceptors (Lipinski definition) is 4. The molecule has 4 heteroatoms. The molecule has 10 aromatic rings. The minimum atomic E-state index is 1.08. The lowest BCUT2D eigenvalue weighted by Gasteiger charge is -2.29. The molecular formula is C62H50N4. The predicted octanol–water partition coefficient (Wildman–Crippen LogP) is 17.8. The van der Waals surface area contributed by atoms with Crippen molar-refractivity contribution in [1.82, 2.24) is 0 Å². The van der Waals surface area contributed by atoms with E-state index in [1.54, 1.807) is 0 Å². The first kappa shape index (κ1) is 41.4. The molecule has 0 amide bonds. The Hall–Kier alpha value is -8.60. The van der Waals surface area contributed by atoms with Gasteiger partial charge in [-0.15, -0.1) is 0 Å². The van der Waals surface area contributed by atoms with Crippen LogP contribution in [0.15, 0.2) is 267 Å². The molecule has 0 spiro atoms. The van der Waals surface area contributed by atoms with Gasteiger partial charge in [-0.05, 0) is 170 Å². The van der Waals surface area contributed by atoms with Crippen LogP contribution in [0.1, 0.15) is 11.1 Å². The highest BCUT2D eigenvalue weighted by Gasteiger charge is 2.19. The first-order valence-electron chi connectivity index (χ1n) is 22.5. The van der Waals surface area contributed by atoms with Gasteiger partial charge in [-0.3, -0.25) is 0 Å². The predicted molar refractivity (Wildman–Crippen MR) is 280 cm³/mol. The second-order valence-corrected chi connectivity index (χ2v) is 16.4. The van der Waals surface area contributed by atoms with Crippen molar-refractivity contribution in [2.24, 2.45) is 0 Å². The van der Waals surface area contributed by atoms with Gasteiger partial charge >= 0.3 is 0 Å². The summed E-state index contributed by atoms with van der Waals surface area (Å²) >= 11 is 0. The number of benzene rings is 10. The fourth-order valence-electron chi connectivity index (χ4n) is 8.79. The van der Waals surface area contributed by atoms with Crippen LogP contribution >= 0.6 is 0 Å². The molecule has 0 fully saturated rings. The number of rotatable bonds is 13. The van der Waals surface area contributed by atoms with Gasteiger partial charge in [0.15, 0.2) is 0 Å². The van der Waals surface area contributed by atoms with Crippen LogP contribution in [0.4, 0.5) is 68.2 Å². The second-order valence-electron chi connectivity index (χ2n) is 16.4. The molecule has 0 aliphatic rings. The van der Waals surface area contributed by atoms with Crippen molar-refractivity contribution in [3.63, 3.8) is 0 Å². The number of aryl methyl sites for hydroxylation is 2.